The van der Waals surface area contributed by atoms with E-state index in [2.05, 4.69) is 0 Å². The fourth-order valence-electron chi connectivity index (χ4n) is 7.00. The van der Waals surface area contributed by atoms with Crippen LogP contribution in [-0.2, 0) is 42.9 Å². The molecule has 14 N–H and O–H groups in total. The molecule has 0 bridgehead atoms. The number of carboxylic acids is 2. The molecule has 1 aliphatic heterocycles. The average Bonchev–Trinajstić information content (AvgIpc) is 3.25. The largest absolute Gasteiger partial charge is 0.504 e. The molecular formula is C42H42O23. The Morgan fingerprint density at radius 1 is 0.738 bits per heavy atom. The number of phenols is 6. The van der Waals surface area contributed by atoms with Crippen LogP contribution < -0.4 is 0 Å². The summed E-state index contributed by atoms with van der Waals surface area (Å²) in [6, 6.07) is 8.29. The summed E-state index contributed by atoms with van der Waals surface area (Å²) in [5, 5.41) is 142. The normalized spacial score (nSPS) is 21.5. The van der Waals surface area contributed by atoms with Crippen LogP contribution in [0.5, 0.6) is 34.5 Å². The number of aromatic hydroxyl groups is 6. The third kappa shape index (κ3) is 11.0. The van der Waals surface area contributed by atoms with Crippen LogP contribution in [0.2, 0.25) is 0 Å². The highest BCUT2D eigenvalue weighted by Crippen LogP contribution is 2.48. The van der Waals surface area contributed by atoms with Crippen molar-refractivity contribution in [2.75, 3.05) is 13.2 Å². The molecule has 23 heteroatoms. The fraction of sp³-hybridized carbons (Fsp3) is 0.310. The van der Waals surface area contributed by atoms with Crippen LogP contribution in [0.1, 0.15) is 34.6 Å². The minimum absolute atomic E-state index is 0.113. The maximum absolute atomic E-state index is 14.9. The highest BCUT2D eigenvalue weighted by molar-refractivity contribution is 6.02. The molecule has 0 saturated heterocycles. The van der Waals surface area contributed by atoms with Gasteiger partial charge in [0, 0.05) is 18.1 Å². The van der Waals surface area contributed by atoms with Crippen molar-refractivity contribution in [2.45, 2.75) is 61.2 Å². The number of aliphatic hydroxyl groups is 6. The first-order valence-corrected chi connectivity index (χ1v) is 19.0. The van der Waals surface area contributed by atoms with Crippen molar-refractivity contribution in [2.24, 2.45) is 5.92 Å². The lowest BCUT2D eigenvalue weighted by molar-refractivity contribution is -0.189. The molecule has 0 aromatic heterocycles. The number of esters is 3. The van der Waals surface area contributed by atoms with Gasteiger partial charge in [-0.1, -0.05) is 12.1 Å². The zero-order valence-electron chi connectivity index (χ0n) is 33.3. The Kier molecular flexibility index (Phi) is 15.3. The van der Waals surface area contributed by atoms with Crippen molar-refractivity contribution < 1.29 is 114 Å². The number of hydrogen-bond donors (Lipinski definition) is 14. The van der Waals surface area contributed by atoms with E-state index in [-0.39, 0.29) is 22.3 Å². The number of phenolic OH excluding ortho intramolecular Hbond substituents is 6. The van der Waals surface area contributed by atoms with Crippen LogP contribution in [0.3, 0.4) is 0 Å². The molecule has 10 unspecified atom stereocenters. The maximum Gasteiger partial charge on any atom is 0.370 e. The predicted octanol–water partition coefficient (Wildman–Crippen LogP) is -1.22. The Hall–Kier alpha value is -7.41. The smallest absolute Gasteiger partial charge is 0.370 e. The monoisotopic (exact) mass is 914 g/mol. The van der Waals surface area contributed by atoms with Gasteiger partial charge in [0.25, 0.3) is 0 Å². The quantitative estimate of drug-likeness (QED) is 0.0327. The van der Waals surface area contributed by atoms with Crippen molar-refractivity contribution >= 4 is 42.0 Å². The van der Waals surface area contributed by atoms with E-state index >= 15 is 0 Å². The minimum atomic E-state index is -2.38. The summed E-state index contributed by atoms with van der Waals surface area (Å²) in [6.07, 6.45) is -15.3. The molecule has 3 aromatic rings. The number of fused-ring (bicyclic) bond motifs is 1. The van der Waals surface area contributed by atoms with Crippen LogP contribution in [0, 0.1) is 5.92 Å². The summed E-state index contributed by atoms with van der Waals surface area (Å²) in [6.45, 7) is -2.35. The zero-order chi connectivity index (χ0) is 48.0. The van der Waals surface area contributed by atoms with Gasteiger partial charge in [0.05, 0.1) is 31.1 Å². The number of carboxylic acid groups (broad SMARTS) is 2. The second kappa shape index (κ2) is 20.4. The standard InChI is InChI=1S/C42H42O23/c43-14-28(52)36(57)37(27(51)12-32(54)55)65-41(60)20-8-18-10-25(49)26(50)11-19(18)34(17-3-5-22(46)24(48)9-17)35(20)42(61)63-30-13-31(40(58)59)62-38(29(53)15-44)39(30)64-33(56)6-2-16-1-4-21(45)23(47)7-16/h1-11,13,27-30,34-39,43-53,57H,12,14-15H2,(H,54,55)(H,58,59). The van der Waals surface area contributed by atoms with Gasteiger partial charge in [0.15, 0.2) is 58.9 Å². The molecule has 348 valence electrons. The summed E-state index contributed by atoms with van der Waals surface area (Å²) >= 11 is 0. The second-order valence-electron chi connectivity index (χ2n) is 14.6. The van der Waals surface area contributed by atoms with Gasteiger partial charge in [-0.2, -0.15) is 0 Å². The number of carbonyl (C=O) groups excluding carboxylic acids is 3. The molecule has 0 saturated carbocycles. The first kappa shape index (κ1) is 48.6. The van der Waals surface area contributed by atoms with E-state index < -0.39 is 156 Å². The van der Waals surface area contributed by atoms with Gasteiger partial charge in [-0.3, -0.25) is 9.59 Å². The lowest BCUT2D eigenvalue weighted by Crippen LogP contribution is -2.54. The van der Waals surface area contributed by atoms with Crippen molar-refractivity contribution in [3.8, 4) is 34.5 Å². The third-order valence-electron chi connectivity index (χ3n) is 10.2. The number of ether oxygens (including phenoxy) is 4. The topological polar surface area (TPSA) is 405 Å². The number of carbonyl (C=O) groups is 5. The molecule has 5 rings (SSSR count). The van der Waals surface area contributed by atoms with E-state index in [0.717, 1.165) is 60.7 Å². The molecule has 65 heavy (non-hydrogen) atoms. The van der Waals surface area contributed by atoms with E-state index in [0.29, 0.717) is 6.08 Å². The van der Waals surface area contributed by atoms with E-state index in [1.807, 2.05) is 0 Å². The van der Waals surface area contributed by atoms with Crippen molar-refractivity contribution in [3.63, 3.8) is 0 Å². The van der Waals surface area contributed by atoms with Gasteiger partial charge in [-0.05, 0) is 70.8 Å². The summed E-state index contributed by atoms with van der Waals surface area (Å²) in [5.74, 6) is -17.0. The molecule has 10 atom stereocenters. The van der Waals surface area contributed by atoms with E-state index in [1.165, 1.54) is 6.07 Å². The van der Waals surface area contributed by atoms with Crippen molar-refractivity contribution in [3.05, 3.63) is 94.3 Å². The van der Waals surface area contributed by atoms with Gasteiger partial charge in [-0.25, -0.2) is 14.4 Å². The average molecular weight is 915 g/mol. The van der Waals surface area contributed by atoms with E-state index in [9.17, 15) is 95.5 Å². The molecule has 0 radical (unpaired) electrons. The third-order valence-corrected chi connectivity index (χ3v) is 10.2. The molecule has 23 nitrogen and oxygen atoms in total. The predicted molar refractivity (Wildman–Crippen MR) is 212 cm³/mol. The van der Waals surface area contributed by atoms with Crippen LogP contribution in [-0.4, -0.2) is 163 Å². The number of hydrogen-bond acceptors (Lipinski definition) is 21. The molecular weight excluding hydrogens is 872 g/mol. The summed E-state index contributed by atoms with van der Waals surface area (Å²) in [5.41, 5.74) is -1.11. The number of aliphatic carboxylic acids is 2. The molecule has 2 aliphatic rings. The van der Waals surface area contributed by atoms with Crippen LogP contribution >= 0.6 is 0 Å². The highest BCUT2D eigenvalue weighted by atomic mass is 16.6. The fourth-order valence-corrected chi connectivity index (χ4v) is 7.00. The van der Waals surface area contributed by atoms with Crippen LogP contribution in [0.25, 0.3) is 12.2 Å². The van der Waals surface area contributed by atoms with Gasteiger partial charge in [-0.15, -0.1) is 0 Å². The van der Waals surface area contributed by atoms with Crippen LogP contribution in [0.15, 0.2) is 72.0 Å². The first-order valence-electron chi connectivity index (χ1n) is 19.0. The Balaban J connectivity index is 1.67. The van der Waals surface area contributed by atoms with Crippen molar-refractivity contribution in [1.82, 2.24) is 0 Å². The Morgan fingerprint density at radius 3 is 1.97 bits per heavy atom. The SMILES string of the molecule is O=C(O)CC(O)C(OC(=O)C1=Cc2cc(O)c(O)cc2C(c2ccc(O)c(O)c2)C1C(=O)OC1C=C(C(=O)O)OC(C(O)CO)C1OC(=O)C=Cc1ccc(O)c(O)c1)C(O)C(O)CO. The van der Waals surface area contributed by atoms with Gasteiger partial charge < -0.3 is 90.4 Å². The number of benzene rings is 3. The molecule has 1 heterocycles. The van der Waals surface area contributed by atoms with E-state index in [1.54, 1.807) is 0 Å². The van der Waals surface area contributed by atoms with Gasteiger partial charge in [0.1, 0.15) is 24.4 Å². The van der Waals surface area contributed by atoms with E-state index in [4.69, 9.17) is 18.9 Å². The molecule has 0 fully saturated rings. The Labute approximate surface area is 365 Å². The number of aliphatic hydroxyl groups excluding tert-OH is 6. The molecule has 3 aromatic carbocycles. The maximum atomic E-state index is 14.9. The van der Waals surface area contributed by atoms with Crippen LogP contribution in [0.4, 0.5) is 0 Å². The summed E-state index contributed by atoms with van der Waals surface area (Å²) < 4.78 is 21.9. The zero-order valence-corrected chi connectivity index (χ0v) is 33.3. The summed E-state index contributed by atoms with van der Waals surface area (Å²) in [4.78, 5) is 66.3. The van der Waals surface area contributed by atoms with Gasteiger partial charge in [0.2, 0.25) is 5.76 Å². The van der Waals surface area contributed by atoms with Crippen molar-refractivity contribution in [1.29, 1.82) is 0 Å². The molecule has 0 amide bonds. The highest BCUT2D eigenvalue weighted by Gasteiger charge is 2.49. The second-order valence-corrected chi connectivity index (χ2v) is 14.6. The molecule has 1 aliphatic carbocycles. The minimum Gasteiger partial charge on any atom is -0.504 e. The lowest BCUT2D eigenvalue weighted by Gasteiger charge is -2.39. The first-order chi connectivity index (χ1) is 30.6. The molecule has 0 spiro atoms. The Bertz CT molecular complexity index is 2400. The van der Waals surface area contributed by atoms with Gasteiger partial charge >= 0.3 is 29.8 Å². The lowest BCUT2D eigenvalue weighted by atomic mass is 9.71. The number of rotatable bonds is 17. The summed E-state index contributed by atoms with van der Waals surface area (Å²) in [7, 11) is 0. The Morgan fingerprint density at radius 2 is 1.37 bits per heavy atom.